The molecule has 0 aliphatic carbocycles. The van der Waals surface area contributed by atoms with Crippen molar-refractivity contribution in [1.29, 1.82) is 0 Å². The lowest BCUT2D eigenvalue weighted by Gasteiger charge is -2.26. The molecule has 164 valence electrons. The number of anilines is 1. The highest BCUT2D eigenvalue weighted by molar-refractivity contribution is 5.94. The lowest BCUT2D eigenvalue weighted by Crippen LogP contribution is -2.30. The predicted octanol–water partition coefficient (Wildman–Crippen LogP) is 4.07. The number of likely N-dealkylation sites (tertiary alicyclic amines) is 1. The molecule has 2 heterocycles. The summed E-state index contributed by atoms with van der Waals surface area (Å²) in [5, 5.41) is 2.91. The fourth-order valence-corrected chi connectivity index (χ4v) is 4.13. The number of aryl methyl sites for hydroxylation is 1. The number of ether oxygens (including phenoxy) is 2. The Balaban J connectivity index is 1.44. The van der Waals surface area contributed by atoms with Gasteiger partial charge in [-0.25, -0.2) is 4.98 Å². The number of rotatable bonds is 8. The van der Waals surface area contributed by atoms with Crippen molar-refractivity contribution in [3.05, 3.63) is 48.3 Å². The van der Waals surface area contributed by atoms with Crippen molar-refractivity contribution < 1.29 is 14.3 Å². The van der Waals surface area contributed by atoms with Gasteiger partial charge in [0.1, 0.15) is 5.82 Å². The second kappa shape index (κ2) is 9.83. The number of hydrogen-bond acceptors (Lipinski definition) is 5. The van der Waals surface area contributed by atoms with E-state index in [1.165, 1.54) is 19.3 Å². The number of para-hydroxylation sites is 2. The Hall–Kier alpha value is -3.06. The van der Waals surface area contributed by atoms with Crippen LogP contribution in [-0.4, -0.2) is 47.2 Å². The zero-order valence-corrected chi connectivity index (χ0v) is 18.3. The number of benzene rings is 2. The molecule has 0 unspecified atom stereocenters. The van der Waals surface area contributed by atoms with Crippen LogP contribution in [0.3, 0.4) is 0 Å². The Labute approximate surface area is 183 Å². The Morgan fingerprint density at radius 1 is 1.10 bits per heavy atom. The van der Waals surface area contributed by atoms with Crippen LogP contribution in [0.15, 0.2) is 42.5 Å². The standard InChI is InChI=1S/C24H30N4O3/c1-3-28-20-12-11-18(15-19(20)26-23(28)16-27-13-7-4-8-14-27)25-24(29)17-31-22-10-6-5-9-21(22)30-2/h5-6,9-12,15H,3-4,7-8,13-14,16-17H2,1-2H3,(H,25,29). The molecule has 7 nitrogen and oxygen atoms in total. The summed E-state index contributed by atoms with van der Waals surface area (Å²) in [6.07, 6.45) is 3.85. The topological polar surface area (TPSA) is 68.6 Å². The van der Waals surface area contributed by atoms with E-state index in [4.69, 9.17) is 14.5 Å². The molecule has 31 heavy (non-hydrogen) atoms. The number of carbonyl (C=O) groups is 1. The minimum absolute atomic E-state index is 0.0952. The summed E-state index contributed by atoms with van der Waals surface area (Å²) in [5.74, 6) is 2.00. The van der Waals surface area contributed by atoms with Gasteiger partial charge in [-0.15, -0.1) is 0 Å². The quantitative estimate of drug-likeness (QED) is 0.593. The van der Waals surface area contributed by atoms with Crippen molar-refractivity contribution in [2.45, 2.75) is 39.3 Å². The molecule has 4 rings (SSSR count). The molecule has 2 aromatic carbocycles. The van der Waals surface area contributed by atoms with Gasteiger partial charge < -0.3 is 19.4 Å². The van der Waals surface area contributed by atoms with Gasteiger partial charge in [0.05, 0.1) is 24.7 Å². The van der Waals surface area contributed by atoms with Crippen LogP contribution in [0.25, 0.3) is 11.0 Å². The molecule has 7 heteroatoms. The fraction of sp³-hybridized carbons (Fsp3) is 0.417. The summed E-state index contributed by atoms with van der Waals surface area (Å²) in [4.78, 5) is 19.8. The van der Waals surface area contributed by atoms with E-state index in [-0.39, 0.29) is 12.5 Å². The van der Waals surface area contributed by atoms with Crippen LogP contribution >= 0.6 is 0 Å². The molecule has 1 aliphatic rings. The van der Waals surface area contributed by atoms with Crippen molar-refractivity contribution >= 4 is 22.6 Å². The maximum absolute atomic E-state index is 12.4. The molecule has 1 amide bonds. The molecule has 1 aromatic heterocycles. The number of imidazole rings is 1. The zero-order valence-electron chi connectivity index (χ0n) is 18.3. The molecule has 0 atom stereocenters. The predicted molar refractivity (Wildman–Crippen MR) is 122 cm³/mol. The number of carbonyl (C=O) groups excluding carboxylic acids is 1. The number of methoxy groups -OCH3 is 1. The van der Waals surface area contributed by atoms with E-state index in [2.05, 4.69) is 21.7 Å². The average Bonchev–Trinajstić information content (AvgIpc) is 3.14. The summed E-state index contributed by atoms with van der Waals surface area (Å²) in [5.41, 5.74) is 2.71. The smallest absolute Gasteiger partial charge is 0.262 e. The van der Waals surface area contributed by atoms with Gasteiger partial charge in [0.2, 0.25) is 0 Å². The highest BCUT2D eigenvalue weighted by Crippen LogP contribution is 2.26. The van der Waals surface area contributed by atoms with Gasteiger partial charge in [0.15, 0.2) is 18.1 Å². The minimum Gasteiger partial charge on any atom is -0.493 e. The molecule has 3 aromatic rings. The Bertz CT molecular complexity index is 1040. The first-order valence-corrected chi connectivity index (χ1v) is 10.9. The second-order valence-corrected chi connectivity index (χ2v) is 7.80. The summed E-state index contributed by atoms with van der Waals surface area (Å²) < 4.78 is 13.1. The van der Waals surface area contributed by atoms with Gasteiger partial charge in [-0.2, -0.15) is 0 Å². The highest BCUT2D eigenvalue weighted by atomic mass is 16.5. The lowest BCUT2D eigenvalue weighted by atomic mass is 10.1. The van der Waals surface area contributed by atoms with Crippen LogP contribution in [0.4, 0.5) is 5.69 Å². The SMILES string of the molecule is CCn1c(CN2CCCCC2)nc2cc(NC(=O)COc3ccccc3OC)ccc21. The number of nitrogens with zero attached hydrogens (tertiary/aromatic N) is 3. The zero-order chi connectivity index (χ0) is 21.6. The number of aromatic nitrogens is 2. The molecular weight excluding hydrogens is 392 g/mol. The van der Waals surface area contributed by atoms with Crippen molar-refractivity contribution in [3.8, 4) is 11.5 Å². The second-order valence-electron chi connectivity index (χ2n) is 7.80. The lowest BCUT2D eigenvalue weighted by molar-refractivity contribution is -0.118. The third-order valence-electron chi connectivity index (χ3n) is 5.67. The monoisotopic (exact) mass is 422 g/mol. The van der Waals surface area contributed by atoms with Gasteiger partial charge in [-0.3, -0.25) is 9.69 Å². The van der Waals surface area contributed by atoms with Crippen molar-refractivity contribution in [1.82, 2.24) is 14.5 Å². The Morgan fingerprint density at radius 2 is 1.87 bits per heavy atom. The number of amides is 1. The molecular formula is C24H30N4O3. The first-order valence-electron chi connectivity index (χ1n) is 10.9. The van der Waals surface area contributed by atoms with Crippen LogP contribution in [0.2, 0.25) is 0 Å². The van der Waals surface area contributed by atoms with Gasteiger partial charge in [0.25, 0.3) is 5.91 Å². The molecule has 1 fully saturated rings. The average molecular weight is 423 g/mol. The first-order chi connectivity index (χ1) is 15.2. The van der Waals surface area contributed by atoms with Crippen LogP contribution < -0.4 is 14.8 Å². The molecule has 1 N–H and O–H groups in total. The van der Waals surface area contributed by atoms with Gasteiger partial charge in [0, 0.05) is 12.2 Å². The number of hydrogen-bond donors (Lipinski definition) is 1. The van der Waals surface area contributed by atoms with Crippen LogP contribution in [0.5, 0.6) is 11.5 Å². The van der Waals surface area contributed by atoms with E-state index in [1.807, 2.05) is 30.3 Å². The number of nitrogens with one attached hydrogen (secondary N) is 1. The Morgan fingerprint density at radius 3 is 2.61 bits per heavy atom. The van der Waals surface area contributed by atoms with Crippen LogP contribution in [0, 0.1) is 0 Å². The third-order valence-corrected chi connectivity index (χ3v) is 5.67. The highest BCUT2D eigenvalue weighted by Gasteiger charge is 2.16. The number of fused-ring (bicyclic) bond motifs is 1. The molecule has 1 saturated heterocycles. The molecule has 0 radical (unpaired) electrons. The molecule has 1 aliphatic heterocycles. The normalized spacial score (nSPS) is 14.5. The largest absolute Gasteiger partial charge is 0.493 e. The van der Waals surface area contributed by atoms with E-state index in [0.29, 0.717) is 17.2 Å². The van der Waals surface area contributed by atoms with E-state index in [9.17, 15) is 4.79 Å². The summed E-state index contributed by atoms with van der Waals surface area (Å²) in [6.45, 7) is 6.07. The third kappa shape index (κ3) is 4.99. The summed E-state index contributed by atoms with van der Waals surface area (Å²) in [7, 11) is 1.58. The van der Waals surface area contributed by atoms with Crippen molar-refractivity contribution in [2.75, 3.05) is 32.1 Å². The maximum Gasteiger partial charge on any atom is 0.262 e. The van der Waals surface area contributed by atoms with Crippen LogP contribution in [0.1, 0.15) is 32.0 Å². The van der Waals surface area contributed by atoms with Crippen molar-refractivity contribution in [2.24, 2.45) is 0 Å². The summed E-state index contributed by atoms with van der Waals surface area (Å²) >= 11 is 0. The van der Waals surface area contributed by atoms with E-state index >= 15 is 0 Å². The van der Waals surface area contributed by atoms with E-state index in [1.54, 1.807) is 19.2 Å². The minimum atomic E-state index is -0.228. The van der Waals surface area contributed by atoms with Crippen LogP contribution in [-0.2, 0) is 17.9 Å². The fourth-order valence-electron chi connectivity index (χ4n) is 4.13. The van der Waals surface area contributed by atoms with Gasteiger partial charge in [-0.05, 0) is 63.2 Å². The molecule has 0 bridgehead atoms. The van der Waals surface area contributed by atoms with Gasteiger partial charge in [-0.1, -0.05) is 18.6 Å². The van der Waals surface area contributed by atoms with Gasteiger partial charge >= 0.3 is 0 Å². The Kier molecular flexibility index (Phi) is 6.72. The number of piperidine rings is 1. The molecule has 0 spiro atoms. The van der Waals surface area contributed by atoms with E-state index in [0.717, 1.165) is 43.0 Å². The van der Waals surface area contributed by atoms with Crippen molar-refractivity contribution in [3.63, 3.8) is 0 Å². The summed E-state index contributed by atoms with van der Waals surface area (Å²) in [6, 6.07) is 13.2. The maximum atomic E-state index is 12.4. The first kappa shape index (κ1) is 21.2. The molecule has 0 saturated carbocycles. The van der Waals surface area contributed by atoms with E-state index < -0.39 is 0 Å².